The maximum Gasteiger partial charge on any atom is 0.310 e. The van der Waals surface area contributed by atoms with Gasteiger partial charge < -0.3 is 10.1 Å². The van der Waals surface area contributed by atoms with Crippen LogP contribution in [-0.4, -0.2) is 24.7 Å². The average molecular weight is 261 g/mol. The third kappa shape index (κ3) is 4.06. The van der Waals surface area contributed by atoms with Gasteiger partial charge in [0.2, 0.25) is 0 Å². The van der Waals surface area contributed by atoms with Crippen LogP contribution in [0.3, 0.4) is 0 Å². The Kier molecular flexibility index (Phi) is 4.25. The van der Waals surface area contributed by atoms with Crippen LogP contribution in [-0.2, 0) is 9.53 Å². The molecule has 0 saturated carbocycles. The number of benzene rings is 1. The van der Waals surface area contributed by atoms with Gasteiger partial charge in [0.1, 0.15) is 5.60 Å². The second-order valence-corrected chi connectivity index (χ2v) is 6.23. The lowest BCUT2D eigenvalue weighted by molar-refractivity contribution is -0.160. The first-order valence-corrected chi connectivity index (χ1v) is 6.94. The normalized spacial score (nSPS) is 23.9. The largest absolute Gasteiger partial charge is 0.460 e. The molecule has 2 rings (SSSR count). The number of hydrogen-bond acceptors (Lipinski definition) is 3. The van der Waals surface area contributed by atoms with Crippen LogP contribution in [0.2, 0.25) is 0 Å². The summed E-state index contributed by atoms with van der Waals surface area (Å²) in [7, 11) is 0. The number of nitrogens with one attached hydrogen (secondary N) is 1. The highest BCUT2D eigenvalue weighted by Crippen LogP contribution is 2.27. The molecule has 1 aromatic rings. The van der Waals surface area contributed by atoms with Crippen LogP contribution in [0, 0.1) is 5.92 Å². The molecular weight excluding hydrogens is 238 g/mol. The van der Waals surface area contributed by atoms with Gasteiger partial charge in [0.25, 0.3) is 0 Å². The van der Waals surface area contributed by atoms with E-state index in [1.807, 2.05) is 39.0 Å². The van der Waals surface area contributed by atoms with Crippen molar-refractivity contribution >= 4 is 5.97 Å². The highest BCUT2D eigenvalue weighted by atomic mass is 16.6. The molecule has 1 fully saturated rings. The molecule has 0 radical (unpaired) electrons. The van der Waals surface area contributed by atoms with Gasteiger partial charge in [-0.15, -0.1) is 0 Å². The topological polar surface area (TPSA) is 38.3 Å². The Morgan fingerprint density at radius 2 is 1.89 bits per heavy atom. The van der Waals surface area contributed by atoms with Crippen molar-refractivity contribution in [2.45, 2.75) is 38.7 Å². The Morgan fingerprint density at radius 1 is 1.21 bits per heavy atom. The zero-order valence-electron chi connectivity index (χ0n) is 12.0. The minimum absolute atomic E-state index is 0.0434. The molecule has 1 aromatic carbocycles. The summed E-state index contributed by atoms with van der Waals surface area (Å²) >= 11 is 0. The molecule has 1 heterocycles. The Bertz CT molecular complexity index is 422. The molecule has 0 bridgehead atoms. The second kappa shape index (κ2) is 5.74. The molecule has 0 unspecified atom stereocenters. The van der Waals surface area contributed by atoms with Crippen molar-refractivity contribution in [2.75, 3.05) is 13.1 Å². The Morgan fingerprint density at radius 3 is 2.53 bits per heavy atom. The molecular formula is C16H23NO2. The van der Waals surface area contributed by atoms with Gasteiger partial charge in [-0.1, -0.05) is 30.3 Å². The number of carbonyl (C=O) groups is 1. The molecule has 0 spiro atoms. The minimum atomic E-state index is -0.406. The van der Waals surface area contributed by atoms with Gasteiger partial charge in [0.15, 0.2) is 0 Å². The zero-order chi connectivity index (χ0) is 13.9. The predicted octanol–water partition coefficient (Wildman–Crippen LogP) is 2.72. The highest BCUT2D eigenvalue weighted by Gasteiger charge is 2.31. The van der Waals surface area contributed by atoms with Gasteiger partial charge in [-0.25, -0.2) is 0 Å². The number of esters is 1. The third-order valence-corrected chi connectivity index (χ3v) is 3.36. The fourth-order valence-corrected chi connectivity index (χ4v) is 2.49. The van der Waals surface area contributed by atoms with Crippen molar-refractivity contribution < 1.29 is 9.53 Å². The van der Waals surface area contributed by atoms with E-state index in [0.29, 0.717) is 5.92 Å². The number of hydrogen-bond donors (Lipinski definition) is 1. The monoisotopic (exact) mass is 261 g/mol. The fraction of sp³-hybridized carbons (Fsp3) is 0.562. The first kappa shape index (κ1) is 14.1. The Hall–Kier alpha value is -1.35. The van der Waals surface area contributed by atoms with E-state index < -0.39 is 5.60 Å². The van der Waals surface area contributed by atoms with E-state index in [0.717, 1.165) is 19.5 Å². The lowest BCUT2D eigenvalue weighted by atomic mass is 9.85. The standard InChI is InChI=1S/C16H23NO2/c1-16(2,3)19-15(18)14-9-13(10-17-11-14)12-7-5-4-6-8-12/h4-8,13-14,17H,9-11H2,1-3H3/t13-,14+/m1/s1. The lowest BCUT2D eigenvalue weighted by Crippen LogP contribution is -2.41. The van der Waals surface area contributed by atoms with E-state index in [1.54, 1.807) is 0 Å². The summed E-state index contributed by atoms with van der Waals surface area (Å²) in [6.07, 6.45) is 0.867. The van der Waals surface area contributed by atoms with Crippen LogP contribution in [0.5, 0.6) is 0 Å². The van der Waals surface area contributed by atoms with Crippen LogP contribution in [0.4, 0.5) is 0 Å². The van der Waals surface area contributed by atoms with Crippen molar-refractivity contribution in [3.8, 4) is 0 Å². The molecule has 1 aliphatic heterocycles. The van der Waals surface area contributed by atoms with Crippen molar-refractivity contribution in [3.63, 3.8) is 0 Å². The van der Waals surface area contributed by atoms with E-state index in [2.05, 4.69) is 17.4 Å². The molecule has 2 atom stereocenters. The minimum Gasteiger partial charge on any atom is -0.460 e. The van der Waals surface area contributed by atoms with E-state index >= 15 is 0 Å². The molecule has 3 nitrogen and oxygen atoms in total. The van der Waals surface area contributed by atoms with E-state index in [-0.39, 0.29) is 11.9 Å². The molecule has 0 aliphatic carbocycles. The van der Waals surface area contributed by atoms with E-state index in [9.17, 15) is 4.79 Å². The summed E-state index contributed by atoms with van der Waals surface area (Å²) in [5, 5.41) is 3.35. The summed E-state index contributed by atoms with van der Waals surface area (Å²) in [6, 6.07) is 10.4. The third-order valence-electron chi connectivity index (χ3n) is 3.36. The first-order valence-electron chi connectivity index (χ1n) is 6.94. The van der Waals surface area contributed by atoms with Gasteiger partial charge in [0, 0.05) is 13.1 Å². The lowest BCUT2D eigenvalue weighted by Gasteiger charge is -2.31. The van der Waals surface area contributed by atoms with Crippen LogP contribution in [0.1, 0.15) is 38.7 Å². The number of ether oxygens (including phenoxy) is 1. The van der Waals surface area contributed by atoms with Crippen LogP contribution in [0.15, 0.2) is 30.3 Å². The van der Waals surface area contributed by atoms with Gasteiger partial charge in [0.05, 0.1) is 5.92 Å². The smallest absolute Gasteiger partial charge is 0.310 e. The molecule has 1 aliphatic rings. The van der Waals surface area contributed by atoms with Crippen LogP contribution >= 0.6 is 0 Å². The maximum atomic E-state index is 12.1. The molecule has 19 heavy (non-hydrogen) atoms. The quantitative estimate of drug-likeness (QED) is 0.832. The fourth-order valence-electron chi connectivity index (χ4n) is 2.49. The van der Waals surface area contributed by atoms with E-state index in [1.165, 1.54) is 5.56 Å². The summed E-state index contributed by atoms with van der Waals surface area (Å²) in [4.78, 5) is 12.1. The number of carbonyl (C=O) groups excluding carboxylic acids is 1. The summed E-state index contributed by atoms with van der Waals surface area (Å²) < 4.78 is 5.48. The first-order chi connectivity index (χ1) is 8.96. The zero-order valence-corrected chi connectivity index (χ0v) is 12.0. The second-order valence-electron chi connectivity index (χ2n) is 6.23. The average Bonchev–Trinajstić information content (AvgIpc) is 2.38. The van der Waals surface area contributed by atoms with Crippen molar-refractivity contribution in [3.05, 3.63) is 35.9 Å². The maximum absolute atomic E-state index is 12.1. The molecule has 0 amide bonds. The van der Waals surface area contributed by atoms with E-state index in [4.69, 9.17) is 4.74 Å². The molecule has 1 N–H and O–H groups in total. The van der Waals surface area contributed by atoms with Crippen molar-refractivity contribution in [1.82, 2.24) is 5.32 Å². The summed E-state index contributed by atoms with van der Waals surface area (Å²) in [6.45, 7) is 7.39. The van der Waals surface area contributed by atoms with Crippen molar-refractivity contribution in [2.24, 2.45) is 5.92 Å². The molecule has 0 aromatic heterocycles. The van der Waals surface area contributed by atoms with Gasteiger partial charge in [-0.05, 0) is 38.7 Å². The summed E-state index contributed by atoms with van der Waals surface area (Å²) in [5.74, 6) is 0.270. The molecule has 3 heteroatoms. The van der Waals surface area contributed by atoms with Crippen LogP contribution < -0.4 is 5.32 Å². The SMILES string of the molecule is CC(C)(C)OC(=O)[C@@H]1CNC[C@H](c2ccccc2)C1. The van der Waals surface area contributed by atoms with Crippen molar-refractivity contribution in [1.29, 1.82) is 0 Å². The highest BCUT2D eigenvalue weighted by molar-refractivity contribution is 5.73. The van der Waals surface area contributed by atoms with Gasteiger partial charge in [-0.3, -0.25) is 4.79 Å². The summed E-state index contributed by atoms with van der Waals surface area (Å²) in [5.41, 5.74) is 0.889. The Balaban J connectivity index is 2.00. The number of rotatable bonds is 2. The van der Waals surface area contributed by atoms with Gasteiger partial charge >= 0.3 is 5.97 Å². The van der Waals surface area contributed by atoms with Gasteiger partial charge in [-0.2, -0.15) is 0 Å². The number of piperidine rings is 1. The van der Waals surface area contributed by atoms with Crippen LogP contribution in [0.25, 0.3) is 0 Å². The molecule has 104 valence electrons. The molecule has 1 saturated heterocycles. The predicted molar refractivity (Wildman–Crippen MR) is 76.0 cm³/mol. The Labute approximate surface area is 115 Å².